The number of nitrogens with one attached hydrogen (secondary N) is 2. The van der Waals surface area contributed by atoms with E-state index in [1.165, 1.54) is 36.4 Å². The van der Waals surface area contributed by atoms with E-state index in [0.29, 0.717) is 5.69 Å². The van der Waals surface area contributed by atoms with Crippen LogP contribution < -0.4 is 15.8 Å². The number of alkyl halides is 3. The first-order valence-electron chi connectivity index (χ1n) is 6.44. The van der Waals surface area contributed by atoms with Crippen LogP contribution in [0.2, 0.25) is 0 Å². The Morgan fingerprint density at radius 2 is 1.54 bits per heavy atom. The number of sulfonamides is 1. The fraction of sp³-hybridized carbons (Fsp3) is 0.0714. The summed E-state index contributed by atoms with van der Waals surface area (Å²) in [6.45, 7) is 0. The van der Waals surface area contributed by atoms with Gasteiger partial charge >= 0.3 is 6.18 Å². The molecule has 0 amide bonds. The van der Waals surface area contributed by atoms with Gasteiger partial charge in [0.2, 0.25) is 10.0 Å². The third-order valence-electron chi connectivity index (χ3n) is 2.87. The highest BCUT2D eigenvalue weighted by atomic mass is 32.2. The predicted octanol–water partition coefficient (Wildman–Crippen LogP) is 3.16. The van der Waals surface area contributed by atoms with Crippen molar-refractivity contribution in [2.75, 3.05) is 10.6 Å². The molecule has 0 spiro atoms. The zero-order chi connectivity index (χ0) is 18.0. The number of rotatable bonds is 3. The average Bonchev–Trinajstić information content (AvgIpc) is 2.46. The molecule has 0 aromatic heterocycles. The molecule has 5 nitrogen and oxygen atoms in total. The monoisotopic (exact) mass is 375 g/mol. The van der Waals surface area contributed by atoms with Crippen molar-refractivity contribution in [3.05, 3.63) is 54.1 Å². The lowest BCUT2D eigenvalue weighted by Crippen LogP contribution is -2.20. The summed E-state index contributed by atoms with van der Waals surface area (Å²) in [7, 11) is -3.87. The van der Waals surface area contributed by atoms with Gasteiger partial charge in [-0.05, 0) is 48.6 Å². The van der Waals surface area contributed by atoms with Crippen LogP contribution >= 0.6 is 12.2 Å². The second-order valence-corrected chi connectivity index (χ2v) is 6.70. The van der Waals surface area contributed by atoms with E-state index in [4.69, 9.17) is 17.4 Å². The Labute approximate surface area is 141 Å². The van der Waals surface area contributed by atoms with Crippen molar-refractivity contribution >= 4 is 38.7 Å². The molecule has 0 unspecified atom stereocenters. The summed E-state index contributed by atoms with van der Waals surface area (Å²) in [6, 6.07) is 10.1. The Balaban J connectivity index is 2.12. The molecule has 4 N–H and O–H groups in total. The van der Waals surface area contributed by atoms with Gasteiger partial charge in [-0.1, -0.05) is 12.1 Å². The molecule has 128 valence electrons. The summed E-state index contributed by atoms with van der Waals surface area (Å²) >= 11 is 5.01. The summed E-state index contributed by atoms with van der Waals surface area (Å²) in [5, 5.41) is 10.3. The Hall–Kier alpha value is -2.17. The molecule has 0 aliphatic carbocycles. The van der Waals surface area contributed by atoms with Gasteiger partial charge in [-0.2, -0.15) is 13.2 Å². The molecule has 10 heteroatoms. The normalized spacial score (nSPS) is 11.8. The highest BCUT2D eigenvalue weighted by Gasteiger charge is 2.30. The molecule has 0 saturated carbocycles. The lowest BCUT2D eigenvalue weighted by molar-refractivity contribution is -0.137. The van der Waals surface area contributed by atoms with Crippen molar-refractivity contribution in [3.63, 3.8) is 0 Å². The van der Waals surface area contributed by atoms with E-state index < -0.39 is 21.8 Å². The number of thiocarbonyl (C=S) groups is 1. The third kappa shape index (κ3) is 4.91. The molecule has 24 heavy (non-hydrogen) atoms. The third-order valence-corrected chi connectivity index (χ3v) is 3.98. The highest BCUT2D eigenvalue weighted by molar-refractivity contribution is 7.89. The van der Waals surface area contributed by atoms with Crippen LogP contribution in [0, 0.1) is 0 Å². The molecule has 2 rings (SSSR count). The quantitative estimate of drug-likeness (QED) is 0.718. The van der Waals surface area contributed by atoms with E-state index >= 15 is 0 Å². The molecular formula is C14H12F3N3O2S2. The number of halogens is 3. The molecule has 0 bridgehead atoms. The van der Waals surface area contributed by atoms with Crippen molar-refractivity contribution < 1.29 is 21.6 Å². The smallest absolute Gasteiger partial charge is 0.332 e. The number of hydrogen-bond donors (Lipinski definition) is 3. The number of nitrogens with two attached hydrogens (primary N) is 1. The van der Waals surface area contributed by atoms with Gasteiger partial charge in [0.05, 0.1) is 10.5 Å². The second kappa shape index (κ2) is 6.75. The van der Waals surface area contributed by atoms with Gasteiger partial charge in [0.15, 0.2) is 5.11 Å². The Kier molecular flexibility index (Phi) is 5.11. The predicted molar refractivity (Wildman–Crippen MR) is 89.1 cm³/mol. The van der Waals surface area contributed by atoms with Crippen LogP contribution in [-0.2, 0) is 16.2 Å². The molecule has 0 fully saturated rings. The summed E-state index contributed by atoms with van der Waals surface area (Å²) in [6.07, 6.45) is -4.46. The number of anilines is 2. The van der Waals surface area contributed by atoms with E-state index in [-0.39, 0.29) is 15.7 Å². The minimum Gasteiger partial charge on any atom is -0.332 e. The van der Waals surface area contributed by atoms with Crippen LogP contribution in [0.25, 0.3) is 0 Å². The minimum absolute atomic E-state index is 0.000828. The zero-order valence-electron chi connectivity index (χ0n) is 12.0. The Morgan fingerprint density at radius 1 is 1.00 bits per heavy atom. The van der Waals surface area contributed by atoms with Crippen molar-refractivity contribution in [1.29, 1.82) is 0 Å². The van der Waals surface area contributed by atoms with Crippen molar-refractivity contribution in [1.82, 2.24) is 0 Å². The van der Waals surface area contributed by atoms with Crippen LogP contribution in [0.5, 0.6) is 0 Å². The SMILES string of the molecule is NS(=O)(=O)c1cccc(NC(=S)Nc2cccc(C(F)(F)F)c2)c1. The summed E-state index contributed by atoms with van der Waals surface area (Å²) in [5.41, 5.74) is -0.345. The second-order valence-electron chi connectivity index (χ2n) is 4.73. The molecule has 0 aliphatic heterocycles. The number of benzene rings is 2. The first-order valence-corrected chi connectivity index (χ1v) is 8.39. The van der Waals surface area contributed by atoms with Crippen LogP contribution in [0.4, 0.5) is 24.5 Å². The van der Waals surface area contributed by atoms with Crippen molar-refractivity contribution in [2.45, 2.75) is 11.1 Å². The van der Waals surface area contributed by atoms with E-state index in [1.54, 1.807) is 0 Å². The molecular weight excluding hydrogens is 363 g/mol. The minimum atomic E-state index is -4.46. The van der Waals surface area contributed by atoms with Crippen LogP contribution in [0.3, 0.4) is 0 Å². The van der Waals surface area contributed by atoms with E-state index in [2.05, 4.69) is 10.6 Å². The van der Waals surface area contributed by atoms with Crippen molar-refractivity contribution in [2.24, 2.45) is 5.14 Å². The largest absolute Gasteiger partial charge is 0.416 e. The van der Waals surface area contributed by atoms with Crippen LogP contribution in [0.15, 0.2) is 53.4 Å². The van der Waals surface area contributed by atoms with Gasteiger partial charge < -0.3 is 10.6 Å². The van der Waals surface area contributed by atoms with E-state index in [9.17, 15) is 21.6 Å². The maximum absolute atomic E-state index is 12.7. The number of hydrogen-bond acceptors (Lipinski definition) is 3. The molecule has 2 aromatic carbocycles. The first-order chi connectivity index (χ1) is 11.1. The van der Waals surface area contributed by atoms with Gasteiger partial charge in [-0.3, -0.25) is 0 Å². The van der Waals surface area contributed by atoms with E-state index in [0.717, 1.165) is 12.1 Å². The fourth-order valence-electron chi connectivity index (χ4n) is 1.82. The topological polar surface area (TPSA) is 84.2 Å². The highest BCUT2D eigenvalue weighted by Crippen LogP contribution is 2.30. The molecule has 0 saturated heterocycles. The fourth-order valence-corrected chi connectivity index (χ4v) is 2.61. The van der Waals surface area contributed by atoms with Crippen LogP contribution in [-0.4, -0.2) is 13.5 Å². The standard InChI is InChI=1S/C14H12F3N3O2S2/c15-14(16,17)9-3-1-4-10(7-9)19-13(23)20-11-5-2-6-12(8-11)24(18,21)22/h1-8H,(H2,18,21,22)(H2,19,20,23). The van der Waals surface area contributed by atoms with Gasteiger partial charge in [-0.25, -0.2) is 13.6 Å². The van der Waals surface area contributed by atoms with Crippen LogP contribution in [0.1, 0.15) is 5.56 Å². The van der Waals surface area contributed by atoms with Gasteiger partial charge in [0, 0.05) is 11.4 Å². The maximum atomic E-state index is 12.7. The van der Waals surface area contributed by atoms with Gasteiger partial charge in [0.25, 0.3) is 0 Å². The van der Waals surface area contributed by atoms with E-state index in [1.807, 2.05) is 0 Å². The average molecular weight is 375 g/mol. The molecule has 0 atom stereocenters. The Bertz CT molecular complexity index is 868. The lowest BCUT2D eigenvalue weighted by Gasteiger charge is -2.13. The van der Waals surface area contributed by atoms with Gasteiger partial charge in [-0.15, -0.1) is 0 Å². The Morgan fingerprint density at radius 3 is 2.08 bits per heavy atom. The molecule has 0 heterocycles. The summed E-state index contributed by atoms with van der Waals surface area (Å²) < 4.78 is 60.6. The first kappa shape index (κ1) is 18.2. The summed E-state index contributed by atoms with van der Waals surface area (Å²) in [4.78, 5) is -0.116. The molecule has 0 radical (unpaired) electrons. The van der Waals surface area contributed by atoms with Crippen molar-refractivity contribution in [3.8, 4) is 0 Å². The zero-order valence-corrected chi connectivity index (χ0v) is 13.6. The van der Waals surface area contributed by atoms with Gasteiger partial charge in [0.1, 0.15) is 0 Å². The lowest BCUT2D eigenvalue weighted by atomic mass is 10.2. The molecule has 2 aromatic rings. The molecule has 0 aliphatic rings. The summed E-state index contributed by atoms with van der Waals surface area (Å²) in [5.74, 6) is 0. The maximum Gasteiger partial charge on any atom is 0.416 e. The number of primary sulfonamides is 1.